The fraction of sp³-hybridized carbons (Fsp3) is 0.135. The second-order valence-corrected chi connectivity index (χ2v) is 15.4. The summed E-state index contributed by atoms with van der Waals surface area (Å²) in [6, 6.07) is 21.2. The van der Waals surface area contributed by atoms with Crippen molar-refractivity contribution < 1.29 is 77.9 Å². The van der Waals surface area contributed by atoms with Crippen molar-refractivity contribution in [3.05, 3.63) is 132 Å². The molecule has 0 unspecified atom stereocenters. The summed E-state index contributed by atoms with van der Waals surface area (Å²) in [7, 11) is -11.9. The van der Waals surface area contributed by atoms with Crippen LogP contribution in [0, 0.1) is 0 Å². The molecular weight excluding hydrogens is 833 g/mol. The highest BCUT2D eigenvalue weighted by atomic mass is 32.2. The van der Waals surface area contributed by atoms with Gasteiger partial charge >= 0.3 is 43.6 Å². The van der Waals surface area contributed by atoms with Crippen molar-refractivity contribution >= 4 is 41.8 Å². The molecule has 0 aliphatic carbocycles. The van der Waals surface area contributed by atoms with Gasteiger partial charge in [0.05, 0.1) is 0 Å². The van der Waals surface area contributed by atoms with Crippen molar-refractivity contribution in [3.8, 4) is 33.8 Å². The molecule has 6 nitrogen and oxygen atoms in total. The first-order valence-electron chi connectivity index (χ1n) is 15.7. The van der Waals surface area contributed by atoms with Crippen LogP contribution in [0.15, 0.2) is 121 Å². The first kappa shape index (κ1) is 41.1. The molecule has 0 bridgehead atoms. The Hall–Kier alpha value is -5.50. The number of fused-ring (bicyclic) bond motifs is 2. The Balaban J connectivity index is 1.31. The van der Waals surface area contributed by atoms with Crippen LogP contribution < -0.4 is 8.37 Å². The molecule has 6 aromatic rings. The zero-order chi connectivity index (χ0) is 42.0. The molecule has 0 aliphatic rings. The number of hydrogen-bond donors (Lipinski definition) is 0. The molecule has 0 fully saturated rings. The van der Waals surface area contributed by atoms with Crippen molar-refractivity contribution in [2.24, 2.45) is 0 Å². The van der Waals surface area contributed by atoms with Gasteiger partial charge in [0.2, 0.25) is 5.41 Å². The van der Waals surface area contributed by atoms with Gasteiger partial charge in [-0.25, -0.2) is 0 Å². The van der Waals surface area contributed by atoms with Crippen molar-refractivity contribution in [2.75, 3.05) is 0 Å². The highest BCUT2D eigenvalue weighted by molar-refractivity contribution is 7.88. The van der Waals surface area contributed by atoms with Crippen molar-refractivity contribution in [3.63, 3.8) is 0 Å². The molecular formula is C37H20F12O6S2. The third-order valence-electron chi connectivity index (χ3n) is 8.76. The maximum atomic E-state index is 14.9. The molecule has 0 aromatic heterocycles. The van der Waals surface area contributed by atoms with Gasteiger partial charge in [-0.15, -0.1) is 0 Å². The maximum absolute atomic E-state index is 14.9. The predicted octanol–water partition coefficient (Wildman–Crippen LogP) is 11.2. The Morgan fingerprint density at radius 2 is 0.632 bits per heavy atom. The van der Waals surface area contributed by atoms with Gasteiger partial charge in [-0.05, 0) is 91.3 Å². The molecule has 300 valence electrons. The van der Waals surface area contributed by atoms with E-state index in [0.29, 0.717) is 35.0 Å². The number of hydrogen-bond acceptors (Lipinski definition) is 6. The summed E-state index contributed by atoms with van der Waals surface area (Å²) in [6.07, 6.45) is -11.9. The van der Waals surface area contributed by atoms with Crippen LogP contribution in [0.3, 0.4) is 0 Å². The van der Waals surface area contributed by atoms with E-state index in [0.717, 1.165) is 48.5 Å². The minimum atomic E-state index is -5.96. The van der Waals surface area contributed by atoms with Crippen molar-refractivity contribution in [2.45, 2.75) is 28.8 Å². The minimum Gasteiger partial charge on any atom is -0.376 e. The first-order valence-corrected chi connectivity index (χ1v) is 18.5. The van der Waals surface area contributed by atoms with E-state index in [1.54, 1.807) is 0 Å². The lowest BCUT2D eigenvalue weighted by molar-refractivity contribution is -0.288. The van der Waals surface area contributed by atoms with Gasteiger partial charge in [0, 0.05) is 0 Å². The molecule has 6 aromatic carbocycles. The first-order chi connectivity index (χ1) is 26.2. The molecule has 0 saturated heterocycles. The lowest BCUT2D eigenvalue weighted by Crippen LogP contribution is -2.54. The molecule has 6 rings (SSSR count). The van der Waals surface area contributed by atoms with Crippen molar-refractivity contribution in [1.29, 1.82) is 0 Å². The highest BCUT2D eigenvalue weighted by Gasteiger charge is 2.72. The Morgan fingerprint density at radius 1 is 0.351 bits per heavy atom. The molecule has 0 amide bonds. The summed E-state index contributed by atoms with van der Waals surface area (Å²) in [5.41, 5.74) is -17.4. The van der Waals surface area contributed by atoms with Crippen LogP contribution >= 0.6 is 0 Å². The van der Waals surface area contributed by atoms with Gasteiger partial charge in [-0.2, -0.15) is 69.5 Å². The molecule has 20 heteroatoms. The maximum Gasteiger partial charge on any atom is 0.534 e. The van der Waals surface area contributed by atoms with E-state index in [2.05, 4.69) is 8.37 Å². The third kappa shape index (κ3) is 7.66. The molecule has 0 atom stereocenters. The van der Waals surface area contributed by atoms with Gasteiger partial charge in [-0.1, -0.05) is 84.9 Å². The minimum absolute atomic E-state index is 0.159. The second-order valence-electron chi connectivity index (χ2n) is 12.3. The van der Waals surface area contributed by atoms with E-state index < -0.39 is 71.6 Å². The molecule has 0 heterocycles. The Labute approximate surface area is 314 Å². The Bertz CT molecular complexity index is 2520. The quantitative estimate of drug-likeness (QED) is 0.0861. The van der Waals surface area contributed by atoms with Crippen LogP contribution in [0.25, 0.3) is 43.8 Å². The van der Waals surface area contributed by atoms with E-state index >= 15 is 0 Å². The van der Waals surface area contributed by atoms with Crippen LogP contribution in [0.5, 0.6) is 11.5 Å². The van der Waals surface area contributed by atoms with E-state index in [1.165, 1.54) is 48.5 Å². The normalized spacial score (nSPS) is 13.5. The summed E-state index contributed by atoms with van der Waals surface area (Å²) >= 11 is 0. The summed E-state index contributed by atoms with van der Waals surface area (Å²) in [4.78, 5) is 0. The van der Waals surface area contributed by atoms with E-state index in [1.807, 2.05) is 0 Å². The molecule has 0 spiro atoms. The van der Waals surface area contributed by atoms with Crippen LogP contribution in [0.4, 0.5) is 52.7 Å². The average molecular weight is 853 g/mol. The van der Waals surface area contributed by atoms with Crippen LogP contribution in [-0.4, -0.2) is 40.2 Å². The smallest absolute Gasteiger partial charge is 0.376 e. The average Bonchev–Trinajstić information content (AvgIpc) is 3.09. The lowest BCUT2D eigenvalue weighted by Gasteiger charge is -2.38. The topological polar surface area (TPSA) is 86.7 Å². The van der Waals surface area contributed by atoms with Gasteiger partial charge in [-0.3, -0.25) is 0 Å². The fourth-order valence-corrected chi connectivity index (χ4v) is 6.97. The van der Waals surface area contributed by atoms with E-state index in [4.69, 9.17) is 0 Å². The van der Waals surface area contributed by atoms with Gasteiger partial charge < -0.3 is 8.37 Å². The molecule has 0 saturated carbocycles. The monoisotopic (exact) mass is 852 g/mol. The molecule has 0 N–H and O–H groups in total. The number of alkyl halides is 12. The molecule has 0 radical (unpaired) electrons. The summed E-state index contributed by atoms with van der Waals surface area (Å²) in [5.74, 6) is -1.32. The fourth-order valence-electron chi connectivity index (χ4n) is 6.07. The van der Waals surface area contributed by atoms with Crippen molar-refractivity contribution in [1.82, 2.24) is 0 Å². The number of rotatable bonds is 8. The molecule has 0 aliphatic heterocycles. The summed E-state index contributed by atoms with van der Waals surface area (Å²) < 4.78 is 219. The zero-order valence-electron chi connectivity index (χ0n) is 27.8. The van der Waals surface area contributed by atoms with E-state index in [9.17, 15) is 69.5 Å². The number of halogens is 12. The largest absolute Gasteiger partial charge is 0.534 e. The third-order valence-corrected chi connectivity index (χ3v) is 10.7. The van der Waals surface area contributed by atoms with Gasteiger partial charge in [0.25, 0.3) is 0 Å². The zero-order valence-corrected chi connectivity index (χ0v) is 29.5. The van der Waals surface area contributed by atoms with Crippen LogP contribution in [-0.2, 0) is 25.7 Å². The molecule has 57 heavy (non-hydrogen) atoms. The summed E-state index contributed by atoms with van der Waals surface area (Å²) in [5, 5.41) is 1.03. The Kier molecular flexibility index (Phi) is 10.0. The Morgan fingerprint density at radius 3 is 0.930 bits per heavy atom. The number of benzene rings is 6. The SMILES string of the molecule is O=S(=O)(Oc1ccc2cc(-c3ccc(C(c4ccc(-c5ccc6cc(OS(=O)(=O)C(F)(F)F)ccc6c5)cc4)(C(F)(F)F)C(F)(F)F)cc3)ccc2c1)C(F)(F)F. The second kappa shape index (κ2) is 13.9. The van der Waals surface area contributed by atoms with Crippen LogP contribution in [0.2, 0.25) is 0 Å². The highest BCUT2D eigenvalue weighted by Crippen LogP contribution is 2.56. The standard InChI is InChI=1S/C37H20F12O6S2/c38-34(39,40)33(35(41,42)43,29-11-5-21(6-12-29)23-1-3-27-19-31(15-9-25(27)17-23)54-56(50,51)36(44,45)46)30-13-7-22(8-14-30)24-2-4-28-20-32(16-10-26(28)18-24)55-57(52,53)37(47,48)49/h1-20H. The van der Waals surface area contributed by atoms with Gasteiger partial charge in [0.1, 0.15) is 11.5 Å². The predicted molar refractivity (Wildman–Crippen MR) is 183 cm³/mol. The lowest BCUT2D eigenvalue weighted by atomic mass is 9.72. The van der Waals surface area contributed by atoms with Gasteiger partial charge in [0.15, 0.2) is 0 Å². The summed E-state index contributed by atoms with van der Waals surface area (Å²) in [6.45, 7) is 0. The van der Waals surface area contributed by atoms with Crippen LogP contribution in [0.1, 0.15) is 11.1 Å². The van der Waals surface area contributed by atoms with E-state index in [-0.39, 0.29) is 33.0 Å².